The Morgan fingerprint density at radius 3 is 2.58 bits per heavy atom. The van der Waals surface area contributed by atoms with Gasteiger partial charge < -0.3 is 0 Å². The highest BCUT2D eigenvalue weighted by Gasteiger charge is 2.12. The molecule has 1 saturated carbocycles. The molecule has 0 saturated heterocycles. The van der Waals surface area contributed by atoms with Gasteiger partial charge in [0.05, 0.1) is 6.61 Å². The van der Waals surface area contributed by atoms with Crippen LogP contribution < -0.4 is 0 Å². The van der Waals surface area contributed by atoms with E-state index in [1.165, 1.54) is 38.5 Å². The third kappa shape index (κ3) is 4.04. The van der Waals surface area contributed by atoms with Gasteiger partial charge >= 0.3 is 0 Å². The normalized spacial score (nSPS) is 19.8. The highest BCUT2D eigenvalue weighted by atomic mass is 17.5. The number of hydrogen-bond donors (Lipinski definition) is 1. The van der Waals surface area contributed by atoms with Gasteiger partial charge in [-0.25, -0.2) is 10.1 Å². The second kappa shape index (κ2) is 6.40. The first-order valence-corrected chi connectivity index (χ1v) is 4.86. The lowest BCUT2D eigenvalue weighted by Crippen LogP contribution is -2.07. The Morgan fingerprint density at radius 2 is 1.92 bits per heavy atom. The molecule has 1 aliphatic carbocycles. The Morgan fingerprint density at radius 1 is 1.17 bits per heavy atom. The van der Waals surface area contributed by atoms with Crippen molar-refractivity contribution in [1.29, 1.82) is 0 Å². The maximum atomic E-state index is 7.88. The van der Waals surface area contributed by atoms with E-state index in [4.69, 9.17) is 5.26 Å². The Bertz CT molecular complexity index is 99.9. The van der Waals surface area contributed by atoms with E-state index in [1.54, 1.807) is 0 Å². The zero-order valence-electron chi connectivity index (χ0n) is 7.50. The first-order chi connectivity index (χ1) is 5.93. The molecule has 0 heterocycles. The molecule has 0 aromatic carbocycles. The average molecular weight is 174 g/mol. The van der Waals surface area contributed by atoms with Crippen molar-refractivity contribution in [3.63, 3.8) is 0 Å². The molecular weight excluding hydrogens is 156 g/mol. The molecule has 3 nitrogen and oxygen atoms in total. The van der Waals surface area contributed by atoms with Crippen molar-refractivity contribution in [2.75, 3.05) is 6.61 Å². The Hall–Kier alpha value is -0.120. The standard InChI is InChI=1S/C9H18O3/c10-12-11-8-4-7-9-5-2-1-3-6-9/h9-10H,1-8H2. The van der Waals surface area contributed by atoms with Gasteiger partial charge in [0.15, 0.2) is 0 Å². The molecule has 0 unspecified atom stereocenters. The first kappa shape index (κ1) is 9.96. The Kier molecular flexibility index (Phi) is 5.32. The summed E-state index contributed by atoms with van der Waals surface area (Å²) in [5.41, 5.74) is 0. The van der Waals surface area contributed by atoms with Crippen LogP contribution in [0.5, 0.6) is 0 Å². The maximum Gasteiger partial charge on any atom is 0.0853 e. The zero-order chi connectivity index (χ0) is 8.65. The predicted molar refractivity (Wildman–Crippen MR) is 45.5 cm³/mol. The van der Waals surface area contributed by atoms with Crippen molar-refractivity contribution in [3.8, 4) is 0 Å². The molecule has 0 bridgehead atoms. The highest BCUT2D eigenvalue weighted by Crippen LogP contribution is 2.26. The van der Waals surface area contributed by atoms with Crippen molar-refractivity contribution in [3.05, 3.63) is 0 Å². The molecule has 1 rings (SSSR count). The van der Waals surface area contributed by atoms with Crippen LogP contribution in [-0.2, 0) is 9.93 Å². The number of rotatable bonds is 5. The molecule has 12 heavy (non-hydrogen) atoms. The van der Waals surface area contributed by atoms with E-state index in [0.29, 0.717) is 6.61 Å². The summed E-state index contributed by atoms with van der Waals surface area (Å²) in [7, 11) is 0. The molecule has 0 spiro atoms. The van der Waals surface area contributed by atoms with Gasteiger partial charge in [-0.2, -0.15) is 0 Å². The van der Waals surface area contributed by atoms with E-state index in [9.17, 15) is 0 Å². The molecule has 0 aromatic heterocycles. The molecule has 3 heteroatoms. The van der Waals surface area contributed by atoms with Gasteiger partial charge in [0.25, 0.3) is 0 Å². The molecule has 72 valence electrons. The van der Waals surface area contributed by atoms with Gasteiger partial charge in [-0.1, -0.05) is 37.1 Å². The lowest BCUT2D eigenvalue weighted by molar-refractivity contribution is -0.490. The van der Waals surface area contributed by atoms with E-state index in [-0.39, 0.29) is 0 Å². The molecule has 1 aliphatic rings. The quantitative estimate of drug-likeness (QED) is 0.395. The highest BCUT2D eigenvalue weighted by molar-refractivity contribution is 4.65. The SMILES string of the molecule is OOOCCCC1CCCCC1. The summed E-state index contributed by atoms with van der Waals surface area (Å²) >= 11 is 0. The van der Waals surface area contributed by atoms with Gasteiger partial charge in [0, 0.05) is 0 Å². The zero-order valence-corrected chi connectivity index (χ0v) is 7.50. The van der Waals surface area contributed by atoms with Crippen LogP contribution in [0.3, 0.4) is 0 Å². The predicted octanol–water partition coefficient (Wildman–Crippen LogP) is 2.77. The molecule has 1 fully saturated rings. The van der Waals surface area contributed by atoms with Crippen LogP contribution >= 0.6 is 0 Å². The van der Waals surface area contributed by atoms with Crippen LogP contribution in [0.25, 0.3) is 0 Å². The summed E-state index contributed by atoms with van der Waals surface area (Å²) < 4.78 is 0. The lowest BCUT2D eigenvalue weighted by atomic mass is 9.86. The van der Waals surface area contributed by atoms with Crippen molar-refractivity contribution < 1.29 is 15.2 Å². The van der Waals surface area contributed by atoms with Gasteiger partial charge in [0.2, 0.25) is 0 Å². The molecule has 0 aliphatic heterocycles. The minimum absolute atomic E-state index is 0.507. The van der Waals surface area contributed by atoms with E-state index in [1.807, 2.05) is 0 Å². The fourth-order valence-electron chi connectivity index (χ4n) is 1.94. The molecule has 0 atom stereocenters. The van der Waals surface area contributed by atoms with Crippen LogP contribution in [0.4, 0.5) is 0 Å². The third-order valence-corrected chi connectivity index (χ3v) is 2.62. The summed E-state index contributed by atoms with van der Waals surface area (Å²) in [5.74, 6) is 0.890. The fraction of sp³-hybridized carbons (Fsp3) is 1.00. The van der Waals surface area contributed by atoms with E-state index in [0.717, 1.165) is 12.3 Å². The van der Waals surface area contributed by atoms with Crippen LogP contribution in [-0.4, -0.2) is 11.9 Å². The summed E-state index contributed by atoms with van der Waals surface area (Å²) in [5, 5.41) is 11.4. The second-order valence-corrected chi connectivity index (χ2v) is 3.54. The van der Waals surface area contributed by atoms with Crippen molar-refractivity contribution in [2.45, 2.75) is 44.9 Å². The molecule has 1 N–H and O–H groups in total. The summed E-state index contributed by atoms with van der Waals surface area (Å²) in [6.45, 7) is 0.507. The second-order valence-electron chi connectivity index (χ2n) is 3.54. The Balaban J connectivity index is 1.91. The van der Waals surface area contributed by atoms with E-state index >= 15 is 0 Å². The van der Waals surface area contributed by atoms with Gasteiger partial charge in [0.1, 0.15) is 0 Å². The molecule has 0 aromatic rings. The van der Waals surface area contributed by atoms with Gasteiger partial charge in [-0.15, -0.1) is 0 Å². The summed E-state index contributed by atoms with van der Waals surface area (Å²) in [6.07, 6.45) is 9.14. The van der Waals surface area contributed by atoms with E-state index < -0.39 is 0 Å². The van der Waals surface area contributed by atoms with Crippen molar-refractivity contribution in [2.24, 2.45) is 5.92 Å². The lowest BCUT2D eigenvalue weighted by Gasteiger charge is -2.20. The molecular formula is C9H18O3. The molecule has 0 radical (unpaired) electrons. The first-order valence-electron chi connectivity index (χ1n) is 4.86. The largest absolute Gasteiger partial charge is 0.221 e. The maximum absolute atomic E-state index is 7.88. The van der Waals surface area contributed by atoms with Crippen molar-refractivity contribution in [1.82, 2.24) is 0 Å². The number of hydrogen-bond acceptors (Lipinski definition) is 3. The van der Waals surface area contributed by atoms with Crippen LogP contribution in [0.15, 0.2) is 0 Å². The van der Waals surface area contributed by atoms with Gasteiger partial charge in [-0.3, -0.25) is 0 Å². The van der Waals surface area contributed by atoms with Gasteiger partial charge in [-0.05, 0) is 18.8 Å². The molecule has 0 amide bonds. The summed E-state index contributed by atoms with van der Waals surface area (Å²) in [4.78, 5) is 4.38. The van der Waals surface area contributed by atoms with Crippen molar-refractivity contribution >= 4 is 0 Å². The smallest absolute Gasteiger partial charge is 0.0853 e. The summed E-state index contributed by atoms with van der Waals surface area (Å²) in [6, 6.07) is 0. The fourth-order valence-corrected chi connectivity index (χ4v) is 1.94. The monoisotopic (exact) mass is 174 g/mol. The van der Waals surface area contributed by atoms with Crippen LogP contribution in [0.1, 0.15) is 44.9 Å². The van der Waals surface area contributed by atoms with Crippen LogP contribution in [0.2, 0.25) is 0 Å². The Labute approximate surface area is 73.5 Å². The average Bonchev–Trinajstić information content (AvgIpc) is 2.14. The van der Waals surface area contributed by atoms with E-state index in [2.05, 4.69) is 9.93 Å². The van der Waals surface area contributed by atoms with Crippen LogP contribution in [0, 0.1) is 5.92 Å². The minimum Gasteiger partial charge on any atom is -0.221 e. The topological polar surface area (TPSA) is 38.7 Å². The minimum atomic E-state index is 0.507. The third-order valence-electron chi connectivity index (χ3n) is 2.62.